The second-order valence-electron chi connectivity index (χ2n) is 3.09. The van der Waals surface area contributed by atoms with E-state index < -0.39 is 0 Å². The van der Waals surface area contributed by atoms with Gasteiger partial charge in [0.25, 0.3) is 0 Å². The summed E-state index contributed by atoms with van der Waals surface area (Å²) in [5.74, 6) is -0.231. The van der Waals surface area contributed by atoms with E-state index in [2.05, 4.69) is 15.5 Å². The Morgan fingerprint density at radius 1 is 1.41 bits per heavy atom. The van der Waals surface area contributed by atoms with Gasteiger partial charge in [0.2, 0.25) is 11.0 Å². The predicted molar refractivity (Wildman–Crippen MR) is 71.6 cm³/mol. The second kappa shape index (κ2) is 5.39. The highest BCUT2D eigenvalue weighted by Gasteiger charge is 2.03. The highest BCUT2D eigenvalue weighted by molar-refractivity contribution is 7.17. The number of hydrogen-bond donors (Lipinski definition) is 1. The summed E-state index contributed by atoms with van der Waals surface area (Å²) in [6.45, 7) is 1.83. The van der Waals surface area contributed by atoms with Crippen LogP contribution in [0, 0.1) is 6.92 Å². The molecule has 0 aliphatic carbocycles. The van der Waals surface area contributed by atoms with Gasteiger partial charge in [0.1, 0.15) is 5.01 Å². The van der Waals surface area contributed by atoms with Crippen LogP contribution in [0.3, 0.4) is 0 Å². The number of nitrogens with zero attached hydrogens (tertiary/aromatic N) is 2. The standard InChI is InChI=1S/C10H8ClN3OS2/c1-6-13-14-10(16-6)12-9(15)5-3-7-2-4-8(11)17-7/h2-5H,1H3,(H,12,14,15)/b5-3+. The van der Waals surface area contributed by atoms with Gasteiger partial charge >= 0.3 is 0 Å². The average Bonchev–Trinajstić information content (AvgIpc) is 2.85. The molecule has 0 spiro atoms. The summed E-state index contributed by atoms with van der Waals surface area (Å²) < 4.78 is 0.699. The first-order valence-corrected chi connectivity index (χ1v) is 6.69. The molecule has 0 aromatic carbocycles. The highest BCUT2D eigenvalue weighted by Crippen LogP contribution is 2.22. The largest absolute Gasteiger partial charge is 0.297 e. The van der Waals surface area contributed by atoms with Crippen molar-refractivity contribution in [2.24, 2.45) is 0 Å². The lowest BCUT2D eigenvalue weighted by atomic mass is 10.4. The third-order valence-electron chi connectivity index (χ3n) is 1.75. The Morgan fingerprint density at radius 2 is 2.24 bits per heavy atom. The molecule has 1 N–H and O–H groups in total. The molecular formula is C10H8ClN3OS2. The lowest BCUT2D eigenvalue weighted by Crippen LogP contribution is -2.07. The summed E-state index contributed by atoms with van der Waals surface area (Å²) in [5, 5.41) is 11.6. The van der Waals surface area contributed by atoms with Gasteiger partial charge in [0.05, 0.1) is 4.34 Å². The molecule has 2 aromatic rings. The normalized spacial score (nSPS) is 10.9. The SMILES string of the molecule is Cc1nnc(NC(=O)/C=C/c2ccc(Cl)s2)s1. The first-order chi connectivity index (χ1) is 8.13. The van der Waals surface area contributed by atoms with E-state index in [-0.39, 0.29) is 5.91 Å². The monoisotopic (exact) mass is 285 g/mol. The van der Waals surface area contributed by atoms with Gasteiger partial charge in [-0.1, -0.05) is 22.9 Å². The van der Waals surface area contributed by atoms with Gasteiger partial charge in [0.15, 0.2) is 0 Å². The van der Waals surface area contributed by atoms with Gasteiger partial charge in [0, 0.05) is 11.0 Å². The Morgan fingerprint density at radius 3 is 2.82 bits per heavy atom. The van der Waals surface area contributed by atoms with Crippen LogP contribution in [0.1, 0.15) is 9.88 Å². The summed E-state index contributed by atoms with van der Waals surface area (Å²) in [6, 6.07) is 3.64. The third-order valence-corrected chi connectivity index (χ3v) is 3.70. The number of nitrogens with one attached hydrogen (secondary N) is 1. The summed E-state index contributed by atoms with van der Waals surface area (Å²) in [5.41, 5.74) is 0. The van der Waals surface area contributed by atoms with Gasteiger partial charge < -0.3 is 0 Å². The summed E-state index contributed by atoms with van der Waals surface area (Å²) in [7, 11) is 0. The second-order valence-corrected chi connectivity index (χ2v) is 6.02. The van der Waals surface area contributed by atoms with Crippen molar-refractivity contribution in [3.05, 3.63) is 32.4 Å². The smallest absolute Gasteiger partial charge is 0.250 e. The lowest BCUT2D eigenvalue weighted by molar-refractivity contribution is -0.111. The molecule has 0 saturated heterocycles. The van der Waals surface area contributed by atoms with Crippen LogP contribution in [0.5, 0.6) is 0 Å². The number of carbonyl (C=O) groups is 1. The summed E-state index contributed by atoms with van der Waals surface area (Å²) in [4.78, 5) is 12.4. The molecule has 4 nitrogen and oxygen atoms in total. The van der Waals surface area contributed by atoms with Crippen molar-refractivity contribution in [2.45, 2.75) is 6.92 Å². The first-order valence-electron chi connectivity index (χ1n) is 4.68. The summed E-state index contributed by atoms with van der Waals surface area (Å²) >= 11 is 8.52. The number of aryl methyl sites for hydroxylation is 1. The lowest BCUT2D eigenvalue weighted by Gasteiger charge is -1.93. The number of thiophene rings is 1. The van der Waals surface area contributed by atoms with Crippen LogP contribution >= 0.6 is 34.3 Å². The van der Waals surface area contributed by atoms with Crippen LogP contribution in [0.25, 0.3) is 6.08 Å². The van der Waals surface area contributed by atoms with Crippen molar-refractivity contribution >= 4 is 51.4 Å². The van der Waals surface area contributed by atoms with Crippen LogP contribution in [-0.2, 0) is 4.79 Å². The molecule has 0 atom stereocenters. The van der Waals surface area contributed by atoms with E-state index in [1.165, 1.54) is 28.7 Å². The number of hydrogen-bond acceptors (Lipinski definition) is 5. The number of anilines is 1. The molecule has 0 fully saturated rings. The topological polar surface area (TPSA) is 54.9 Å². The Balaban J connectivity index is 1.95. The van der Waals surface area contributed by atoms with Crippen LogP contribution < -0.4 is 5.32 Å². The van der Waals surface area contributed by atoms with Crippen molar-refractivity contribution < 1.29 is 4.79 Å². The maximum Gasteiger partial charge on any atom is 0.250 e. The zero-order chi connectivity index (χ0) is 12.3. The van der Waals surface area contributed by atoms with Gasteiger partial charge in [-0.2, -0.15) is 0 Å². The molecule has 2 aromatic heterocycles. The van der Waals surface area contributed by atoms with E-state index >= 15 is 0 Å². The van der Waals surface area contributed by atoms with E-state index in [1.54, 1.807) is 12.1 Å². The van der Waals surface area contributed by atoms with E-state index in [0.29, 0.717) is 9.47 Å². The Kier molecular flexibility index (Phi) is 3.88. The van der Waals surface area contributed by atoms with Crippen LogP contribution in [-0.4, -0.2) is 16.1 Å². The molecule has 17 heavy (non-hydrogen) atoms. The Bertz CT molecular complexity index is 561. The maximum atomic E-state index is 11.5. The van der Waals surface area contributed by atoms with Crippen molar-refractivity contribution in [1.82, 2.24) is 10.2 Å². The minimum Gasteiger partial charge on any atom is -0.297 e. The van der Waals surface area contributed by atoms with E-state index in [4.69, 9.17) is 11.6 Å². The van der Waals surface area contributed by atoms with E-state index in [1.807, 2.05) is 13.0 Å². The highest BCUT2D eigenvalue weighted by atomic mass is 35.5. The first kappa shape index (κ1) is 12.2. The van der Waals surface area contributed by atoms with Gasteiger partial charge in [-0.3, -0.25) is 10.1 Å². The molecule has 0 unspecified atom stereocenters. The predicted octanol–water partition coefficient (Wildman–Crippen LogP) is 3.21. The van der Waals surface area contributed by atoms with Crippen molar-refractivity contribution in [1.29, 1.82) is 0 Å². The number of carbonyl (C=O) groups excluding carboxylic acids is 1. The zero-order valence-electron chi connectivity index (χ0n) is 8.81. The van der Waals surface area contributed by atoms with Crippen LogP contribution in [0.15, 0.2) is 18.2 Å². The molecule has 2 heterocycles. The van der Waals surface area contributed by atoms with E-state index in [9.17, 15) is 4.79 Å². The molecule has 0 saturated carbocycles. The average molecular weight is 286 g/mol. The maximum absolute atomic E-state index is 11.5. The molecule has 88 valence electrons. The number of aromatic nitrogens is 2. The minimum atomic E-state index is -0.231. The fourth-order valence-electron chi connectivity index (χ4n) is 1.07. The molecular weight excluding hydrogens is 278 g/mol. The molecule has 7 heteroatoms. The van der Waals surface area contributed by atoms with Crippen molar-refractivity contribution in [3.8, 4) is 0 Å². The van der Waals surface area contributed by atoms with E-state index in [0.717, 1.165) is 9.88 Å². The molecule has 0 aliphatic rings. The number of rotatable bonds is 3. The number of amides is 1. The quantitative estimate of drug-likeness (QED) is 0.881. The van der Waals surface area contributed by atoms with Gasteiger partial charge in [-0.05, 0) is 25.1 Å². The van der Waals surface area contributed by atoms with Crippen LogP contribution in [0.2, 0.25) is 4.34 Å². The van der Waals surface area contributed by atoms with Crippen LogP contribution in [0.4, 0.5) is 5.13 Å². The molecule has 0 radical (unpaired) electrons. The Labute approximate surface area is 111 Å². The number of halogens is 1. The zero-order valence-corrected chi connectivity index (χ0v) is 11.2. The molecule has 0 aliphatic heterocycles. The molecule has 1 amide bonds. The summed E-state index contributed by atoms with van der Waals surface area (Å²) in [6.07, 6.45) is 3.15. The van der Waals surface area contributed by atoms with Gasteiger partial charge in [-0.15, -0.1) is 21.5 Å². The van der Waals surface area contributed by atoms with Gasteiger partial charge in [-0.25, -0.2) is 0 Å². The fraction of sp³-hybridized carbons (Fsp3) is 0.100. The molecule has 0 bridgehead atoms. The van der Waals surface area contributed by atoms with Crippen molar-refractivity contribution in [2.75, 3.05) is 5.32 Å². The molecule has 2 rings (SSSR count). The third kappa shape index (κ3) is 3.62. The fourth-order valence-corrected chi connectivity index (χ4v) is 2.63. The minimum absolute atomic E-state index is 0.231. The van der Waals surface area contributed by atoms with Crippen molar-refractivity contribution in [3.63, 3.8) is 0 Å². The Hall–Kier alpha value is -1.24.